The number of carbonyl (C=O) groups is 1. The fraction of sp³-hybridized carbons (Fsp3) is 0.200. The molecule has 0 aliphatic carbocycles. The van der Waals surface area contributed by atoms with Gasteiger partial charge in [0.2, 0.25) is 0 Å². The SMILES string of the molecule is CCOc1ccc(Nc2ncccc2C(=O)NC)cc1. The molecule has 1 aromatic heterocycles. The molecule has 20 heavy (non-hydrogen) atoms. The van der Waals surface area contributed by atoms with Gasteiger partial charge in [-0.25, -0.2) is 4.98 Å². The molecule has 1 aromatic carbocycles. The van der Waals surface area contributed by atoms with Crippen molar-refractivity contribution in [3.63, 3.8) is 0 Å². The summed E-state index contributed by atoms with van der Waals surface area (Å²) >= 11 is 0. The summed E-state index contributed by atoms with van der Waals surface area (Å²) in [6.45, 7) is 2.57. The Morgan fingerprint density at radius 2 is 2.00 bits per heavy atom. The van der Waals surface area contributed by atoms with E-state index in [-0.39, 0.29) is 5.91 Å². The van der Waals surface area contributed by atoms with Crippen LogP contribution in [0.25, 0.3) is 0 Å². The van der Waals surface area contributed by atoms with Gasteiger partial charge in [-0.1, -0.05) is 0 Å². The second kappa shape index (κ2) is 6.56. The van der Waals surface area contributed by atoms with Crippen LogP contribution < -0.4 is 15.4 Å². The fourth-order valence-corrected chi connectivity index (χ4v) is 1.76. The molecule has 0 saturated carbocycles. The highest BCUT2D eigenvalue weighted by molar-refractivity contribution is 5.99. The zero-order chi connectivity index (χ0) is 14.4. The molecule has 0 saturated heterocycles. The summed E-state index contributed by atoms with van der Waals surface area (Å²) in [7, 11) is 1.59. The normalized spacial score (nSPS) is 9.90. The number of benzene rings is 1. The van der Waals surface area contributed by atoms with E-state index in [1.807, 2.05) is 31.2 Å². The third kappa shape index (κ3) is 3.26. The molecule has 0 spiro atoms. The van der Waals surface area contributed by atoms with E-state index < -0.39 is 0 Å². The Morgan fingerprint density at radius 1 is 1.25 bits per heavy atom. The molecule has 2 N–H and O–H groups in total. The van der Waals surface area contributed by atoms with Crippen LogP contribution in [0.4, 0.5) is 11.5 Å². The third-order valence-electron chi connectivity index (χ3n) is 2.71. The van der Waals surface area contributed by atoms with Gasteiger partial charge in [-0.15, -0.1) is 0 Å². The molecule has 104 valence electrons. The number of hydrogen-bond acceptors (Lipinski definition) is 4. The van der Waals surface area contributed by atoms with Crippen molar-refractivity contribution in [2.24, 2.45) is 0 Å². The van der Waals surface area contributed by atoms with Gasteiger partial charge in [0.15, 0.2) is 0 Å². The largest absolute Gasteiger partial charge is 0.494 e. The van der Waals surface area contributed by atoms with E-state index in [0.717, 1.165) is 11.4 Å². The summed E-state index contributed by atoms with van der Waals surface area (Å²) in [5.74, 6) is 1.16. The lowest BCUT2D eigenvalue weighted by atomic mass is 10.2. The lowest BCUT2D eigenvalue weighted by Crippen LogP contribution is -2.19. The highest BCUT2D eigenvalue weighted by atomic mass is 16.5. The van der Waals surface area contributed by atoms with Gasteiger partial charge in [0.05, 0.1) is 12.2 Å². The molecule has 2 rings (SSSR count). The second-order valence-corrected chi connectivity index (χ2v) is 4.06. The molecule has 0 bridgehead atoms. The molecule has 0 aliphatic heterocycles. The van der Waals surface area contributed by atoms with Gasteiger partial charge in [-0.05, 0) is 43.3 Å². The minimum Gasteiger partial charge on any atom is -0.494 e. The standard InChI is InChI=1S/C15H17N3O2/c1-3-20-12-8-6-11(7-9-12)18-14-13(15(19)16-2)5-4-10-17-14/h4-10H,3H2,1-2H3,(H,16,19)(H,17,18). The molecule has 0 atom stereocenters. The van der Waals surface area contributed by atoms with Crippen LogP contribution in [-0.4, -0.2) is 24.5 Å². The number of pyridine rings is 1. The van der Waals surface area contributed by atoms with Crippen LogP contribution in [0.5, 0.6) is 5.75 Å². The summed E-state index contributed by atoms with van der Waals surface area (Å²) in [6, 6.07) is 11.0. The van der Waals surface area contributed by atoms with E-state index in [2.05, 4.69) is 15.6 Å². The topological polar surface area (TPSA) is 63.2 Å². The highest BCUT2D eigenvalue weighted by Crippen LogP contribution is 2.21. The first kappa shape index (κ1) is 13.9. The van der Waals surface area contributed by atoms with Crippen LogP contribution in [-0.2, 0) is 0 Å². The van der Waals surface area contributed by atoms with E-state index in [4.69, 9.17) is 4.74 Å². The number of rotatable bonds is 5. The predicted octanol–water partition coefficient (Wildman–Crippen LogP) is 2.58. The van der Waals surface area contributed by atoms with Crippen LogP contribution in [0.15, 0.2) is 42.6 Å². The van der Waals surface area contributed by atoms with Gasteiger partial charge < -0.3 is 15.4 Å². The molecular weight excluding hydrogens is 254 g/mol. The Labute approximate surface area is 118 Å². The van der Waals surface area contributed by atoms with Crippen molar-refractivity contribution in [2.75, 3.05) is 19.0 Å². The maximum Gasteiger partial charge on any atom is 0.254 e. The van der Waals surface area contributed by atoms with Crippen molar-refractivity contribution in [3.05, 3.63) is 48.2 Å². The summed E-state index contributed by atoms with van der Waals surface area (Å²) in [4.78, 5) is 16.0. The van der Waals surface area contributed by atoms with Crippen molar-refractivity contribution in [2.45, 2.75) is 6.92 Å². The summed E-state index contributed by atoms with van der Waals surface area (Å²) in [5.41, 5.74) is 1.35. The number of aromatic nitrogens is 1. The van der Waals surface area contributed by atoms with Crippen molar-refractivity contribution in [1.29, 1.82) is 0 Å². The van der Waals surface area contributed by atoms with Gasteiger partial charge in [-0.2, -0.15) is 0 Å². The third-order valence-corrected chi connectivity index (χ3v) is 2.71. The first-order valence-corrected chi connectivity index (χ1v) is 6.41. The number of carbonyl (C=O) groups excluding carboxylic acids is 1. The number of hydrogen-bond donors (Lipinski definition) is 2. The van der Waals surface area contributed by atoms with Crippen molar-refractivity contribution in [1.82, 2.24) is 10.3 Å². The van der Waals surface area contributed by atoms with Crippen LogP contribution in [0, 0.1) is 0 Å². The molecule has 0 unspecified atom stereocenters. The molecule has 5 nitrogen and oxygen atoms in total. The fourth-order valence-electron chi connectivity index (χ4n) is 1.76. The van der Waals surface area contributed by atoms with Gasteiger partial charge in [-0.3, -0.25) is 4.79 Å². The molecule has 2 aromatic rings. The van der Waals surface area contributed by atoms with Gasteiger partial charge in [0.1, 0.15) is 11.6 Å². The first-order chi connectivity index (χ1) is 9.74. The second-order valence-electron chi connectivity index (χ2n) is 4.06. The van der Waals surface area contributed by atoms with Crippen molar-refractivity contribution >= 4 is 17.4 Å². The Kier molecular flexibility index (Phi) is 4.55. The van der Waals surface area contributed by atoms with E-state index >= 15 is 0 Å². The summed E-state index contributed by atoms with van der Waals surface area (Å²) < 4.78 is 5.38. The van der Waals surface area contributed by atoms with Gasteiger partial charge in [0, 0.05) is 18.9 Å². The quantitative estimate of drug-likeness (QED) is 0.877. The molecule has 0 fully saturated rings. The average Bonchev–Trinajstić information content (AvgIpc) is 2.49. The molecule has 1 amide bonds. The first-order valence-electron chi connectivity index (χ1n) is 6.41. The maximum atomic E-state index is 11.8. The number of nitrogens with one attached hydrogen (secondary N) is 2. The summed E-state index contributed by atoms with van der Waals surface area (Å²) in [5, 5.41) is 5.72. The number of nitrogens with zero attached hydrogens (tertiary/aromatic N) is 1. The van der Waals surface area contributed by atoms with Crippen LogP contribution in [0.1, 0.15) is 17.3 Å². The average molecular weight is 271 g/mol. The molecular formula is C15H17N3O2. The molecule has 0 radical (unpaired) electrons. The minimum absolute atomic E-state index is 0.175. The highest BCUT2D eigenvalue weighted by Gasteiger charge is 2.10. The van der Waals surface area contributed by atoms with E-state index in [0.29, 0.717) is 18.0 Å². The number of ether oxygens (including phenoxy) is 1. The zero-order valence-electron chi connectivity index (χ0n) is 11.5. The number of anilines is 2. The van der Waals surface area contributed by atoms with E-state index in [9.17, 15) is 4.79 Å². The predicted molar refractivity (Wildman–Crippen MR) is 78.5 cm³/mol. The molecule has 0 aliphatic rings. The Hall–Kier alpha value is -2.56. The summed E-state index contributed by atoms with van der Waals surface area (Å²) in [6.07, 6.45) is 1.64. The Morgan fingerprint density at radius 3 is 2.65 bits per heavy atom. The molecule has 5 heteroatoms. The maximum absolute atomic E-state index is 11.8. The van der Waals surface area contributed by atoms with Crippen molar-refractivity contribution < 1.29 is 9.53 Å². The van der Waals surface area contributed by atoms with Crippen LogP contribution >= 0.6 is 0 Å². The van der Waals surface area contributed by atoms with E-state index in [1.165, 1.54) is 0 Å². The van der Waals surface area contributed by atoms with Crippen molar-refractivity contribution in [3.8, 4) is 5.75 Å². The molecule has 1 heterocycles. The number of amides is 1. The Balaban J connectivity index is 2.19. The monoisotopic (exact) mass is 271 g/mol. The zero-order valence-corrected chi connectivity index (χ0v) is 11.5. The lowest BCUT2D eigenvalue weighted by molar-refractivity contribution is 0.0963. The Bertz CT molecular complexity index is 582. The lowest BCUT2D eigenvalue weighted by Gasteiger charge is -2.10. The van der Waals surface area contributed by atoms with Gasteiger partial charge >= 0.3 is 0 Å². The van der Waals surface area contributed by atoms with Gasteiger partial charge in [0.25, 0.3) is 5.91 Å². The van der Waals surface area contributed by atoms with Crippen LogP contribution in [0.3, 0.4) is 0 Å². The van der Waals surface area contributed by atoms with Crippen LogP contribution in [0.2, 0.25) is 0 Å². The van der Waals surface area contributed by atoms with E-state index in [1.54, 1.807) is 25.4 Å². The minimum atomic E-state index is -0.175. The smallest absolute Gasteiger partial charge is 0.254 e.